The molecule has 0 aliphatic carbocycles. The highest BCUT2D eigenvalue weighted by Crippen LogP contribution is 2.03. The monoisotopic (exact) mass is 262 g/mol. The van der Waals surface area contributed by atoms with Crippen molar-refractivity contribution >= 4 is 21.9 Å². The number of alkyl halides is 1. The maximum atomic E-state index is 11.1. The zero-order valence-corrected chi connectivity index (χ0v) is 10.6. The minimum Gasteiger partial charge on any atom is -0.461 e. The molecule has 0 atom stereocenters. The molecule has 0 fully saturated rings. The van der Waals surface area contributed by atoms with Crippen LogP contribution in [0.1, 0.15) is 39.5 Å². The van der Waals surface area contributed by atoms with E-state index in [4.69, 9.17) is 4.74 Å². The molecule has 0 heterocycles. The third-order valence-electron chi connectivity index (χ3n) is 1.75. The third-order valence-corrected chi connectivity index (χ3v) is 2.31. The maximum absolute atomic E-state index is 11.1. The molecule has 0 aromatic heterocycles. The summed E-state index contributed by atoms with van der Waals surface area (Å²) in [5.41, 5.74) is 1.18. The Balaban J connectivity index is 3.33. The molecule has 0 aromatic carbocycles. The van der Waals surface area contributed by atoms with Crippen molar-refractivity contribution in [2.75, 3.05) is 11.9 Å². The zero-order valence-electron chi connectivity index (χ0n) is 9.01. The van der Waals surface area contributed by atoms with Gasteiger partial charge in [0.1, 0.15) is 6.61 Å². The number of allylic oxidation sites excluding steroid dienone is 1. The average Bonchev–Trinajstić information content (AvgIpc) is 2.12. The lowest BCUT2D eigenvalue weighted by atomic mass is 10.2. The summed E-state index contributed by atoms with van der Waals surface area (Å²) in [6.45, 7) is 4.40. The molecular formula is C11H19BrO2. The van der Waals surface area contributed by atoms with Gasteiger partial charge in [-0.15, -0.1) is 0 Å². The first-order chi connectivity index (χ1) is 6.66. The first kappa shape index (κ1) is 13.7. The Morgan fingerprint density at radius 2 is 2.00 bits per heavy atom. The van der Waals surface area contributed by atoms with Gasteiger partial charge in [-0.05, 0) is 32.8 Å². The quantitative estimate of drug-likeness (QED) is 0.304. The second-order valence-corrected chi connectivity index (χ2v) is 4.26. The van der Waals surface area contributed by atoms with Crippen LogP contribution in [0.15, 0.2) is 11.6 Å². The molecule has 14 heavy (non-hydrogen) atoms. The van der Waals surface area contributed by atoms with E-state index in [-0.39, 0.29) is 5.97 Å². The molecule has 0 saturated heterocycles. The Kier molecular flexibility index (Phi) is 9.05. The molecule has 0 saturated carbocycles. The number of hydrogen-bond donors (Lipinski definition) is 0. The molecule has 0 aliphatic heterocycles. The van der Waals surface area contributed by atoms with E-state index < -0.39 is 0 Å². The van der Waals surface area contributed by atoms with Crippen molar-refractivity contribution in [2.24, 2.45) is 0 Å². The lowest BCUT2D eigenvalue weighted by Gasteiger charge is -2.01. The van der Waals surface area contributed by atoms with E-state index in [1.165, 1.54) is 5.57 Å². The average molecular weight is 263 g/mol. The molecule has 0 unspecified atom stereocenters. The Morgan fingerprint density at radius 3 is 2.57 bits per heavy atom. The Bertz CT molecular complexity index is 184. The van der Waals surface area contributed by atoms with Gasteiger partial charge in [-0.3, -0.25) is 4.79 Å². The largest absolute Gasteiger partial charge is 0.461 e. The topological polar surface area (TPSA) is 26.3 Å². The number of unbranched alkanes of at least 4 members (excludes halogenated alkanes) is 2. The minimum atomic E-state index is -0.0860. The number of carbonyl (C=O) groups is 1. The first-order valence-corrected chi connectivity index (χ1v) is 6.14. The summed E-state index contributed by atoms with van der Waals surface area (Å²) in [4.78, 5) is 11.1. The fourth-order valence-electron chi connectivity index (χ4n) is 0.914. The molecule has 3 heteroatoms. The summed E-state index contributed by atoms with van der Waals surface area (Å²) in [7, 11) is 0. The van der Waals surface area contributed by atoms with Crippen LogP contribution < -0.4 is 0 Å². The summed E-state index contributed by atoms with van der Waals surface area (Å²) in [6, 6.07) is 0. The highest BCUT2D eigenvalue weighted by molar-refractivity contribution is 9.09. The fraction of sp³-hybridized carbons (Fsp3) is 0.727. The molecule has 0 spiro atoms. The van der Waals surface area contributed by atoms with Gasteiger partial charge in [0.05, 0.1) is 0 Å². The van der Waals surface area contributed by atoms with E-state index in [0.717, 1.165) is 24.6 Å². The van der Waals surface area contributed by atoms with Gasteiger partial charge in [0, 0.05) is 11.8 Å². The van der Waals surface area contributed by atoms with E-state index >= 15 is 0 Å². The lowest BCUT2D eigenvalue weighted by molar-refractivity contribution is -0.142. The normalized spacial score (nSPS) is 9.64. The number of esters is 1. The molecule has 0 radical (unpaired) electrons. The van der Waals surface area contributed by atoms with E-state index in [1.54, 1.807) is 0 Å². The van der Waals surface area contributed by atoms with Gasteiger partial charge in [-0.1, -0.05) is 27.9 Å². The summed E-state index contributed by atoms with van der Waals surface area (Å²) in [5.74, 6) is -0.0860. The molecule has 0 bridgehead atoms. The molecule has 2 nitrogen and oxygen atoms in total. The van der Waals surface area contributed by atoms with Gasteiger partial charge >= 0.3 is 5.97 Å². The van der Waals surface area contributed by atoms with Crippen LogP contribution in [0.4, 0.5) is 0 Å². The van der Waals surface area contributed by atoms with E-state index in [9.17, 15) is 4.79 Å². The number of carbonyl (C=O) groups excluding carboxylic acids is 1. The SMILES string of the molecule is CC(C)=CCOC(=O)CCCCCBr. The molecule has 82 valence electrons. The fourth-order valence-corrected chi connectivity index (χ4v) is 1.31. The van der Waals surface area contributed by atoms with Crippen LogP contribution in [0.3, 0.4) is 0 Å². The van der Waals surface area contributed by atoms with Crippen molar-refractivity contribution in [3.8, 4) is 0 Å². The number of ether oxygens (including phenoxy) is 1. The summed E-state index contributed by atoms with van der Waals surface area (Å²) >= 11 is 3.35. The van der Waals surface area contributed by atoms with E-state index in [0.29, 0.717) is 13.0 Å². The zero-order chi connectivity index (χ0) is 10.8. The maximum Gasteiger partial charge on any atom is 0.306 e. The van der Waals surface area contributed by atoms with Crippen LogP contribution >= 0.6 is 15.9 Å². The van der Waals surface area contributed by atoms with Crippen molar-refractivity contribution in [1.82, 2.24) is 0 Å². The van der Waals surface area contributed by atoms with Gasteiger partial charge in [0.25, 0.3) is 0 Å². The Hall–Kier alpha value is -0.310. The van der Waals surface area contributed by atoms with Crippen LogP contribution in [0.2, 0.25) is 0 Å². The first-order valence-electron chi connectivity index (χ1n) is 5.01. The third kappa shape index (κ3) is 9.78. The molecule has 0 aliphatic rings. The van der Waals surface area contributed by atoms with Gasteiger partial charge in [0.2, 0.25) is 0 Å². The van der Waals surface area contributed by atoms with Crippen LogP contribution in [0.5, 0.6) is 0 Å². The number of hydrogen-bond acceptors (Lipinski definition) is 2. The van der Waals surface area contributed by atoms with E-state index in [2.05, 4.69) is 15.9 Å². The van der Waals surface area contributed by atoms with Gasteiger partial charge in [-0.25, -0.2) is 0 Å². The standard InChI is InChI=1S/C11H19BrO2/c1-10(2)7-9-14-11(13)6-4-3-5-8-12/h7H,3-6,8-9H2,1-2H3. The number of halogens is 1. The van der Waals surface area contributed by atoms with Crippen molar-refractivity contribution in [2.45, 2.75) is 39.5 Å². The number of rotatable bonds is 7. The molecule has 0 amide bonds. The van der Waals surface area contributed by atoms with Crippen LogP contribution in [0, 0.1) is 0 Å². The Labute approximate surface area is 94.8 Å². The van der Waals surface area contributed by atoms with Gasteiger partial charge in [0.15, 0.2) is 0 Å². The lowest BCUT2D eigenvalue weighted by Crippen LogP contribution is -2.04. The Morgan fingerprint density at radius 1 is 1.29 bits per heavy atom. The predicted octanol–water partition coefficient (Wildman–Crippen LogP) is 3.45. The van der Waals surface area contributed by atoms with Gasteiger partial charge < -0.3 is 4.74 Å². The van der Waals surface area contributed by atoms with Crippen LogP contribution in [-0.2, 0) is 9.53 Å². The van der Waals surface area contributed by atoms with Crippen molar-refractivity contribution in [1.29, 1.82) is 0 Å². The molecule has 0 aromatic rings. The summed E-state index contributed by atoms with van der Waals surface area (Å²) in [6.07, 6.45) is 5.60. The van der Waals surface area contributed by atoms with Crippen molar-refractivity contribution < 1.29 is 9.53 Å². The van der Waals surface area contributed by atoms with Crippen LogP contribution in [-0.4, -0.2) is 17.9 Å². The van der Waals surface area contributed by atoms with Crippen molar-refractivity contribution in [3.63, 3.8) is 0 Å². The van der Waals surface area contributed by atoms with Crippen molar-refractivity contribution in [3.05, 3.63) is 11.6 Å². The molecule has 0 N–H and O–H groups in total. The highest BCUT2D eigenvalue weighted by Gasteiger charge is 2.00. The van der Waals surface area contributed by atoms with Crippen LogP contribution in [0.25, 0.3) is 0 Å². The second-order valence-electron chi connectivity index (χ2n) is 3.46. The summed E-state index contributed by atoms with van der Waals surface area (Å²) in [5, 5.41) is 1.01. The highest BCUT2D eigenvalue weighted by atomic mass is 79.9. The molecule has 0 rings (SSSR count). The molecular weight excluding hydrogens is 244 g/mol. The minimum absolute atomic E-state index is 0.0860. The van der Waals surface area contributed by atoms with E-state index in [1.807, 2.05) is 19.9 Å². The predicted molar refractivity (Wildman–Crippen MR) is 62.7 cm³/mol. The van der Waals surface area contributed by atoms with Gasteiger partial charge in [-0.2, -0.15) is 0 Å². The summed E-state index contributed by atoms with van der Waals surface area (Å²) < 4.78 is 5.01. The second kappa shape index (κ2) is 9.25. The smallest absolute Gasteiger partial charge is 0.306 e.